The second kappa shape index (κ2) is 14.4. The number of carbonyl (C=O) groups excluding carboxylic acids is 4. The lowest BCUT2D eigenvalue weighted by atomic mass is 9.90. The van der Waals surface area contributed by atoms with Crippen molar-refractivity contribution < 1.29 is 37.7 Å². The molecule has 1 fully saturated rings. The average Bonchev–Trinajstić information content (AvgIpc) is 3.69. The van der Waals surface area contributed by atoms with Gasteiger partial charge in [-0.05, 0) is 32.8 Å². The van der Waals surface area contributed by atoms with E-state index in [9.17, 15) is 19.2 Å². The third kappa shape index (κ3) is 8.28. The number of rotatable bonds is 12. The van der Waals surface area contributed by atoms with Crippen LogP contribution in [0.5, 0.6) is 0 Å². The second-order valence-electron chi connectivity index (χ2n) is 12.0. The largest absolute Gasteiger partial charge is 0.444 e. The van der Waals surface area contributed by atoms with Gasteiger partial charge in [0, 0.05) is 18.0 Å². The van der Waals surface area contributed by atoms with Crippen molar-refractivity contribution in [3.8, 4) is 11.5 Å². The number of aromatic nitrogens is 2. The maximum atomic E-state index is 13.1. The zero-order valence-corrected chi connectivity index (χ0v) is 26.5. The summed E-state index contributed by atoms with van der Waals surface area (Å²) in [7, 11) is 0. The number of likely N-dealkylation sites (tertiary alicyclic amines) is 1. The quantitative estimate of drug-likeness (QED) is 0.261. The van der Waals surface area contributed by atoms with Crippen LogP contribution in [0.2, 0.25) is 0 Å². The van der Waals surface area contributed by atoms with Crippen LogP contribution in [0, 0.1) is 19.3 Å². The minimum absolute atomic E-state index is 0.0832. The Morgan fingerprint density at radius 2 is 1.82 bits per heavy atom. The number of ketones is 1. The lowest BCUT2D eigenvalue weighted by molar-refractivity contribution is -0.139. The van der Waals surface area contributed by atoms with Crippen molar-refractivity contribution in [1.82, 2.24) is 25.8 Å². The van der Waals surface area contributed by atoms with E-state index in [0.717, 1.165) is 12.0 Å². The third-order valence-electron chi connectivity index (χ3n) is 7.87. The molecule has 0 radical (unpaired) electrons. The smallest absolute Gasteiger partial charge is 0.410 e. The summed E-state index contributed by atoms with van der Waals surface area (Å²) in [5.41, 5.74) is 1.79. The van der Waals surface area contributed by atoms with E-state index < -0.39 is 47.5 Å². The van der Waals surface area contributed by atoms with Gasteiger partial charge in [0.05, 0.1) is 23.8 Å². The first-order chi connectivity index (χ1) is 21.4. The van der Waals surface area contributed by atoms with Crippen molar-refractivity contribution in [3.05, 3.63) is 59.0 Å². The van der Waals surface area contributed by atoms with E-state index in [2.05, 4.69) is 20.9 Å². The summed E-state index contributed by atoms with van der Waals surface area (Å²) in [5, 5.41) is 13.2. The summed E-state index contributed by atoms with van der Waals surface area (Å²) < 4.78 is 21.8. The number of benzene rings is 1. The van der Waals surface area contributed by atoms with Crippen LogP contribution in [0.15, 0.2) is 45.4 Å². The molecule has 13 heteroatoms. The second-order valence-corrected chi connectivity index (χ2v) is 12.0. The molecule has 1 saturated heterocycles. The Bertz CT molecular complexity index is 1500. The number of amides is 3. The molecule has 1 aliphatic heterocycles. The molecule has 0 bridgehead atoms. The van der Waals surface area contributed by atoms with E-state index in [1.165, 1.54) is 4.90 Å². The SMILES string of the molecule is CCCC[C@H](NC(=O)O[C@H]1CN(C(=O)OCc2c(C)noc2-c2cc(C)on2)CC1(C)C)C(=O)C(=O)N[C@H](C)c1ccccc1. The molecule has 3 heterocycles. The van der Waals surface area contributed by atoms with Gasteiger partial charge in [-0.2, -0.15) is 0 Å². The first-order valence-electron chi connectivity index (χ1n) is 15.1. The number of nitrogens with one attached hydrogen (secondary N) is 2. The fraction of sp³-hybridized carbons (Fsp3) is 0.500. The van der Waals surface area contributed by atoms with Gasteiger partial charge in [-0.3, -0.25) is 9.59 Å². The Morgan fingerprint density at radius 1 is 1.09 bits per heavy atom. The molecule has 1 aromatic carbocycles. The summed E-state index contributed by atoms with van der Waals surface area (Å²) in [6, 6.07) is 9.52. The lowest BCUT2D eigenvalue weighted by Gasteiger charge is -2.26. The van der Waals surface area contributed by atoms with Crippen molar-refractivity contribution >= 4 is 23.9 Å². The van der Waals surface area contributed by atoms with E-state index in [1.54, 1.807) is 26.8 Å². The van der Waals surface area contributed by atoms with Crippen LogP contribution < -0.4 is 10.6 Å². The molecule has 3 aromatic rings. The molecule has 0 saturated carbocycles. The van der Waals surface area contributed by atoms with Gasteiger partial charge in [-0.25, -0.2) is 9.59 Å². The zero-order chi connectivity index (χ0) is 32.7. The minimum atomic E-state index is -1.06. The number of hydrogen-bond acceptors (Lipinski definition) is 10. The first kappa shape index (κ1) is 33.2. The van der Waals surface area contributed by atoms with E-state index in [-0.39, 0.29) is 26.1 Å². The Balaban J connectivity index is 1.33. The Hall–Kier alpha value is -4.68. The van der Waals surface area contributed by atoms with Gasteiger partial charge in [0.1, 0.15) is 24.5 Å². The molecule has 2 aromatic heterocycles. The van der Waals surface area contributed by atoms with Crippen LogP contribution in [0.4, 0.5) is 9.59 Å². The highest BCUT2D eigenvalue weighted by Crippen LogP contribution is 2.33. The van der Waals surface area contributed by atoms with Crippen molar-refractivity contribution in [2.45, 2.75) is 85.6 Å². The maximum Gasteiger partial charge on any atom is 0.410 e. The Kier molecular flexibility index (Phi) is 10.6. The standard InChI is InChI=1S/C32H41N5O8/c1-7-8-14-24(27(38)29(39)33-20(3)22-12-10-9-11-13-22)34-30(40)43-26-16-37(18-32(26,5)6)31(41)42-17-23-21(4)35-45-28(23)25-15-19(2)44-36-25/h9-13,15,20,24,26H,7-8,14,16-18H2,1-6H3,(H,33,39)(H,34,40)/t20-,24+,26+/m1/s1. The Labute approximate surface area is 262 Å². The summed E-state index contributed by atoms with van der Waals surface area (Å²) >= 11 is 0. The highest BCUT2D eigenvalue weighted by Gasteiger charge is 2.45. The molecule has 13 nitrogen and oxygen atoms in total. The number of alkyl carbamates (subject to hydrolysis) is 1. The molecule has 0 unspecified atom stereocenters. The van der Waals surface area contributed by atoms with E-state index >= 15 is 0 Å². The zero-order valence-electron chi connectivity index (χ0n) is 26.5. The van der Waals surface area contributed by atoms with E-state index in [1.807, 2.05) is 51.1 Å². The summed E-state index contributed by atoms with van der Waals surface area (Å²) in [6.07, 6.45) is -0.459. The molecule has 2 N–H and O–H groups in total. The van der Waals surface area contributed by atoms with Gasteiger partial charge in [0.25, 0.3) is 5.91 Å². The number of ether oxygens (including phenoxy) is 2. The molecular weight excluding hydrogens is 582 g/mol. The lowest BCUT2D eigenvalue weighted by Crippen LogP contribution is -2.49. The molecule has 0 aliphatic carbocycles. The van der Waals surface area contributed by atoms with Crippen LogP contribution in [0.3, 0.4) is 0 Å². The maximum absolute atomic E-state index is 13.1. The predicted octanol–water partition coefficient (Wildman–Crippen LogP) is 5.02. The van der Waals surface area contributed by atoms with Crippen LogP contribution in [0.1, 0.15) is 75.6 Å². The van der Waals surface area contributed by atoms with Crippen LogP contribution in [-0.4, -0.2) is 64.3 Å². The van der Waals surface area contributed by atoms with Crippen molar-refractivity contribution in [2.24, 2.45) is 5.41 Å². The number of unbranched alkanes of at least 4 members (excludes halogenated alkanes) is 1. The van der Waals surface area contributed by atoms with E-state index in [0.29, 0.717) is 34.9 Å². The first-order valence-corrected chi connectivity index (χ1v) is 15.1. The summed E-state index contributed by atoms with van der Waals surface area (Å²) in [6.45, 7) is 11.2. The van der Waals surface area contributed by atoms with Gasteiger partial charge in [-0.1, -0.05) is 74.3 Å². The normalized spacial score (nSPS) is 16.9. The fourth-order valence-electron chi connectivity index (χ4n) is 5.13. The van der Waals surface area contributed by atoms with Crippen LogP contribution in [0.25, 0.3) is 11.5 Å². The highest BCUT2D eigenvalue weighted by molar-refractivity contribution is 6.38. The summed E-state index contributed by atoms with van der Waals surface area (Å²) in [5.74, 6) is -0.582. The molecule has 3 amide bonds. The van der Waals surface area contributed by atoms with Crippen molar-refractivity contribution in [1.29, 1.82) is 0 Å². The molecule has 242 valence electrons. The number of Topliss-reactive ketones (excluding diaryl/α,β-unsaturated/α-hetero) is 1. The molecule has 3 atom stereocenters. The van der Waals surface area contributed by atoms with Gasteiger partial charge in [0.15, 0.2) is 11.5 Å². The van der Waals surface area contributed by atoms with Gasteiger partial charge >= 0.3 is 12.2 Å². The minimum Gasteiger partial charge on any atom is -0.444 e. The van der Waals surface area contributed by atoms with Gasteiger partial charge in [0.2, 0.25) is 5.78 Å². The monoisotopic (exact) mass is 623 g/mol. The predicted molar refractivity (Wildman–Crippen MR) is 162 cm³/mol. The fourth-order valence-corrected chi connectivity index (χ4v) is 5.13. The van der Waals surface area contributed by atoms with Crippen molar-refractivity contribution in [2.75, 3.05) is 13.1 Å². The Morgan fingerprint density at radius 3 is 2.49 bits per heavy atom. The number of nitrogens with zero attached hydrogens (tertiary/aromatic N) is 3. The van der Waals surface area contributed by atoms with Crippen LogP contribution in [-0.2, 0) is 25.7 Å². The number of hydrogen-bond donors (Lipinski definition) is 2. The molecule has 4 rings (SSSR count). The third-order valence-corrected chi connectivity index (χ3v) is 7.87. The number of carbonyl (C=O) groups is 4. The topological polar surface area (TPSA) is 166 Å². The van der Waals surface area contributed by atoms with Gasteiger partial charge in [-0.15, -0.1) is 0 Å². The number of aryl methyl sites for hydroxylation is 2. The van der Waals surface area contributed by atoms with E-state index in [4.69, 9.17) is 18.5 Å². The van der Waals surface area contributed by atoms with Gasteiger partial charge < -0.3 is 34.1 Å². The molecular formula is C32H41N5O8. The summed E-state index contributed by atoms with van der Waals surface area (Å²) in [4.78, 5) is 53.4. The molecule has 1 aliphatic rings. The molecule has 0 spiro atoms. The molecule has 45 heavy (non-hydrogen) atoms. The average molecular weight is 624 g/mol. The highest BCUT2D eigenvalue weighted by atomic mass is 16.6. The van der Waals surface area contributed by atoms with Crippen molar-refractivity contribution in [3.63, 3.8) is 0 Å². The van der Waals surface area contributed by atoms with Crippen LogP contribution >= 0.6 is 0 Å².